The molecule has 2 saturated heterocycles. The number of rotatable bonds is 7. The highest BCUT2D eigenvalue weighted by atomic mass is 19.1. The van der Waals surface area contributed by atoms with Crippen LogP contribution in [0.1, 0.15) is 37.2 Å². The Morgan fingerprint density at radius 1 is 0.971 bits per heavy atom. The number of anilines is 1. The van der Waals surface area contributed by atoms with E-state index >= 15 is 0 Å². The molecule has 5 nitrogen and oxygen atoms in total. The number of amides is 1. The minimum absolute atomic E-state index is 0.0661. The molecule has 7 heteroatoms. The molecule has 0 spiro atoms. The van der Waals surface area contributed by atoms with Gasteiger partial charge in [0.25, 0.3) is 0 Å². The lowest BCUT2D eigenvalue weighted by molar-refractivity contribution is -0.120. The molecule has 34 heavy (non-hydrogen) atoms. The molecule has 5 rings (SSSR count). The van der Waals surface area contributed by atoms with Crippen molar-refractivity contribution in [2.45, 2.75) is 31.6 Å². The van der Waals surface area contributed by atoms with Crippen molar-refractivity contribution < 1.29 is 13.6 Å². The number of piperidine rings is 1. The number of nitrogens with zero attached hydrogens (tertiary/aromatic N) is 3. The molecular formula is C27H32F2N4O. The Morgan fingerprint density at radius 3 is 2.53 bits per heavy atom. The van der Waals surface area contributed by atoms with Crippen LogP contribution in [0, 0.1) is 11.6 Å². The first-order valence-electron chi connectivity index (χ1n) is 12.3. The van der Waals surface area contributed by atoms with Crippen LogP contribution in [-0.4, -0.2) is 66.5 Å². The Balaban J connectivity index is 1.25. The molecule has 0 bridgehead atoms. The van der Waals surface area contributed by atoms with Gasteiger partial charge in [0.2, 0.25) is 5.91 Å². The van der Waals surface area contributed by atoms with Gasteiger partial charge in [-0.3, -0.25) is 9.69 Å². The summed E-state index contributed by atoms with van der Waals surface area (Å²) in [5.74, 6) is -0.120. The predicted octanol–water partition coefficient (Wildman–Crippen LogP) is 4.75. The minimum atomic E-state index is -0.301. The lowest BCUT2D eigenvalue weighted by atomic mass is 9.98. The third kappa shape index (κ3) is 5.15. The molecular weight excluding hydrogens is 434 g/mol. The van der Waals surface area contributed by atoms with Crippen LogP contribution in [-0.2, 0) is 4.79 Å². The van der Waals surface area contributed by atoms with E-state index in [0.29, 0.717) is 19.0 Å². The predicted molar refractivity (Wildman–Crippen MR) is 131 cm³/mol. The summed E-state index contributed by atoms with van der Waals surface area (Å²) < 4.78 is 27.3. The SMILES string of the molecule is O=C(CN1CCCCC1)N(CCN1CCC(c2c[nH]c3ccc(F)cc23)C1)c1ccc(F)cc1. The van der Waals surface area contributed by atoms with Gasteiger partial charge < -0.3 is 14.8 Å². The fraction of sp³-hybridized carbons (Fsp3) is 0.444. The molecule has 1 aromatic heterocycles. The molecule has 2 aliphatic rings. The van der Waals surface area contributed by atoms with E-state index in [1.807, 2.05) is 11.1 Å². The van der Waals surface area contributed by atoms with Crippen molar-refractivity contribution in [3.8, 4) is 0 Å². The number of carbonyl (C=O) groups is 1. The van der Waals surface area contributed by atoms with Crippen LogP contribution in [0.15, 0.2) is 48.7 Å². The first-order chi connectivity index (χ1) is 16.6. The van der Waals surface area contributed by atoms with Crippen LogP contribution >= 0.6 is 0 Å². The average molecular weight is 467 g/mol. The summed E-state index contributed by atoms with van der Waals surface area (Å²) in [7, 11) is 0. The molecule has 180 valence electrons. The van der Waals surface area contributed by atoms with Crippen LogP contribution in [0.25, 0.3) is 10.9 Å². The Hall–Kier alpha value is -2.77. The quantitative estimate of drug-likeness (QED) is 0.546. The Labute approximate surface area is 199 Å². The van der Waals surface area contributed by atoms with Gasteiger partial charge in [-0.05, 0) is 92.8 Å². The summed E-state index contributed by atoms with van der Waals surface area (Å²) in [6.45, 7) is 5.44. The van der Waals surface area contributed by atoms with E-state index in [0.717, 1.165) is 74.1 Å². The molecule has 0 radical (unpaired) electrons. The zero-order valence-corrected chi connectivity index (χ0v) is 19.5. The number of aromatic amines is 1. The second kappa shape index (κ2) is 10.2. The van der Waals surface area contributed by atoms with Gasteiger partial charge in [0.15, 0.2) is 0 Å². The second-order valence-corrected chi connectivity index (χ2v) is 9.58. The highest BCUT2D eigenvalue weighted by Crippen LogP contribution is 2.33. The number of likely N-dealkylation sites (tertiary alicyclic amines) is 2. The average Bonchev–Trinajstić information content (AvgIpc) is 3.47. The Bertz CT molecular complexity index is 1120. The molecule has 2 aromatic carbocycles. The number of hydrogen-bond acceptors (Lipinski definition) is 3. The highest BCUT2D eigenvalue weighted by Gasteiger charge is 2.27. The fourth-order valence-corrected chi connectivity index (χ4v) is 5.40. The van der Waals surface area contributed by atoms with Gasteiger partial charge in [0.05, 0.1) is 6.54 Å². The standard InChI is InChI=1S/C27H32F2N4O/c28-21-4-7-23(8-5-21)33(27(34)19-31-11-2-1-3-12-31)15-14-32-13-10-20(18-32)25-17-30-26-9-6-22(29)16-24(25)26/h4-9,16-17,20,30H,1-3,10-15,18-19H2. The van der Waals surface area contributed by atoms with E-state index in [-0.39, 0.29) is 17.5 Å². The van der Waals surface area contributed by atoms with Crippen LogP contribution in [0.5, 0.6) is 0 Å². The molecule has 2 fully saturated rings. The number of hydrogen-bond donors (Lipinski definition) is 1. The van der Waals surface area contributed by atoms with Gasteiger partial charge in [0.1, 0.15) is 11.6 Å². The molecule has 1 amide bonds. The first-order valence-corrected chi connectivity index (χ1v) is 12.3. The number of carbonyl (C=O) groups excluding carboxylic acids is 1. The summed E-state index contributed by atoms with van der Waals surface area (Å²) in [6.07, 6.45) is 6.51. The molecule has 1 N–H and O–H groups in total. The van der Waals surface area contributed by atoms with E-state index in [1.165, 1.54) is 24.6 Å². The molecule has 0 saturated carbocycles. The summed E-state index contributed by atoms with van der Waals surface area (Å²) in [5.41, 5.74) is 2.86. The smallest absolute Gasteiger partial charge is 0.241 e. The maximum absolute atomic E-state index is 13.8. The van der Waals surface area contributed by atoms with Crippen LogP contribution < -0.4 is 4.90 Å². The summed E-state index contributed by atoms with van der Waals surface area (Å²) in [5, 5.41) is 0.955. The van der Waals surface area contributed by atoms with Gasteiger partial charge in [0, 0.05) is 42.4 Å². The van der Waals surface area contributed by atoms with E-state index in [9.17, 15) is 13.6 Å². The van der Waals surface area contributed by atoms with Crippen molar-refractivity contribution in [1.29, 1.82) is 0 Å². The topological polar surface area (TPSA) is 42.6 Å². The Morgan fingerprint density at radius 2 is 1.74 bits per heavy atom. The monoisotopic (exact) mass is 466 g/mol. The normalized spacial score (nSPS) is 19.6. The largest absolute Gasteiger partial charge is 0.361 e. The van der Waals surface area contributed by atoms with Gasteiger partial charge in [-0.1, -0.05) is 6.42 Å². The van der Waals surface area contributed by atoms with Crippen molar-refractivity contribution >= 4 is 22.5 Å². The van der Waals surface area contributed by atoms with Crippen molar-refractivity contribution in [2.24, 2.45) is 0 Å². The molecule has 1 unspecified atom stereocenters. The lowest BCUT2D eigenvalue weighted by Gasteiger charge is -2.30. The number of aromatic nitrogens is 1. The van der Waals surface area contributed by atoms with Gasteiger partial charge >= 0.3 is 0 Å². The van der Waals surface area contributed by atoms with E-state index < -0.39 is 0 Å². The van der Waals surface area contributed by atoms with E-state index in [4.69, 9.17) is 0 Å². The molecule has 3 heterocycles. The van der Waals surface area contributed by atoms with Crippen molar-refractivity contribution in [3.63, 3.8) is 0 Å². The summed E-state index contributed by atoms with van der Waals surface area (Å²) in [4.78, 5) is 22.9. The van der Waals surface area contributed by atoms with E-state index in [2.05, 4.69) is 14.8 Å². The van der Waals surface area contributed by atoms with E-state index in [1.54, 1.807) is 24.3 Å². The number of fused-ring (bicyclic) bond motifs is 1. The zero-order valence-electron chi connectivity index (χ0n) is 19.5. The van der Waals surface area contributed by atoms with Crippen LogP contribution in [0.4, 0.5) is 14.5 Å². The second-order valence-electron chi connectivity index (χ2n) is 9.58. The third-order valence-electron chi connectivity index (χ3n) is 7.27. The molecule has 3 aromatic rings. The molecule has 0 aliphatic carbocycles. The van der Waals surface area contributed by atoms with Gasteiger partial charge in [-0.2, -0.15) is 0 Å². The van der Waals surface area contributed by atoms with Crippen LogP contribution in [0.2, 0.25) is 0 Å². The lowest BCUT2D eigenvalue weighted by Crippen LogP contribution is -2.45. The summed E-state index contributed by atoms with van der Waals surface area (Å²) >= 11 is 0. The third-order valence-corrected chi connectivity index (χ3v) is 7.27. The minimum Gasteiger partial charge on any atom is -0.361 e. The van der Waals surface area contributed by atoms with Gasteiger partial charge in [-0.25, -0.2) is 8.78 Å². The maximum Gasteiger partial charge on any atom is 0.241 e. The van der Waals surface area contributed by atoms with Crippen molar-refractivity contribution in [2.75, 3.05) is 50.7 Å². The summed E-state index contributed by atoms with van der Waals surface area (Å²) in [6, 6.07) is 11.1. The van der Waals surface area contributed by atoms with Crippen molar-refractivity contribution in [1.82, 2.24) is 14.8 Å². The highest BCUT2D eigenvalue weighted by molar-refractivity contribution is 5.94. The fourth-order valence-electron chi connectivity index (χ4n) is 5.40. The van der Waals surface area contributed by atoms with Crippen molar-refractivity contribution in [3.05, 3.63) is 65.9 Å². The molecule has 2 aliphatic heterocycles. The van der Waals surface area contributed by atoms with Crippen LogP contribution in [0.3, 0.4) is 0 Å². The maximum atomic E-state index is 13.8. The zero-order chi connectivity index (χ0) is 23.5. The number of H-pyrrole nitrogens is 1. The number of benzene rings is 2. The number of nitrogens with one attached hydrogen (secondary N) is 1. The van der Waals surface area contributed by atoms with Gasteiger partial charge in [-0.15, -0.1) is 0 Å². The molecule has 1 atom stereocenters. The number of halogens is 2. The first kappa shape index (κ1) is 23.0. The Kier molecular flexibility index (Phi) is 6.92.